The highest BCUT2D eigenvalue weighted by Crippen LogP contribution is 2.12. The van der Waals surface area contributed by atoms with Gasteiger partial charge in [-0.25, -0.2) is 0 Å². The summed E-state index contributed by atoms with van der Waals surface area (Å²) in [7, 11) is 0. The third kappa shape index (κ3) is 3.35. The zero-order valence-corrected chi connectivity index (χ0v) is 10.1. The molecule has 1 aromatic heterocycles. The average molecular weight is 261 g/mol. The fourth-order valence-electron chi connectivity index (χ4n) is 1.49. The van der Waals surface area contributed by atoms with E-state index in [1.54, 1.807) is 19.1 Å². The Balaban J connectivity index is 1.97. The van der Waals surface area contributed by atoms with Crippen molar-refractivity contribution in [3.05, 3.63) is 45.8 Å². The fourth-order valence-corrected chi connectivity index (χ4v) is 1.49. The van der Waals surface area contributed by atoms with Crippen LogP contribution < -0.4 is 5.32 Å². The van der Waals surface area contributed by atoms with Crippen LogP contribution in [0.1, 0.15) is 11.4 Å². The number of rotatable bonds is 4. The SMILES string of the molecule is Cc1nc(NC(=O)Cc2ccc([N+](=O)[O-])cc2)n[nH]1. The summed E-state index contributed by atoms with van der Waals surface area (Å²) in [6.07, 6.45) is 0.103. The Kier molecular flexibility index (Phi) is 3.51. The van der Waals surface area contributed by atoms with Crippen molar-refractivity contribution in [3.63, 3.8) is 0 Å². The van der Waals surface area contributed by atoms with Gasteiger partial charge in [0.05, 0.1) is 11.3 Å². The Morgan fingerprint density at radius 1 is 1.42 bits per heavy atom. The maximum Gasteiger partial charge on any atom is 0.269 e. The quantitative estimate of drug-likeness (QED) is 0.634. The van der Waals surface area contributed by atoms with Gasteiger partial charge in [0.15, 0.2) is 0 Å². The van der Waals surface area contributed by atoms with Crippen molar-refractivity contribution < 1.29 is 9.72 Å². The van der Waals surface area contributed by atoms with Crippen LogP contribution in [0.4, 0.5) is 11.6 Å². The van der Waals surface area contributed by atoms with Crippen LogP contribution in [-0.4, -0.2) is 26.0 Å². The number of nitrogens with one attached hydrogen (secondary N) is 2. The normalized spacial score (nSPS) is 10.2. The molecule has 0 unspecified atom stereocenters. The summed E-state index contributed by atoms with van der Waals surface area (Å²) < 4.78 is 0. The molecule has 0 spiro atoms. The molecule has 8 nitrogen and oxygen atoms in total. The van der Waals surface area contributed by atoms with Crippen LogP contribution in [-0.2, 0) is 11.2 Å². The Labute approximate surface area is 108 Å². The molecule has 0 bridgehead atoms. The molecule has 0 fully saturated rings. The van der Waals surface area contributed by atoms with Crippen LogP contribution >= 0.6 is 0 Å². The molecule has 1 amide bonds. The lowest BCUT2D eigenvalue weighted by Crippen LogP contribution is -2.15. The van der Waals surface area contributed by atoms with Gasteiger partial charge in [0, 0.05) is 12.1 Å². The van der Waals surface area contributed by atoms with Crippen molar-refractivity contribution in [2.45, 2.75) is 13.3 Å². The molecule has 8 heteroatoms. The zero-order chi connectivity index (χ0) is 13.8. The second-order valence-electron chi connectivity index (χ2n) is 3.89. The number of amides is 1. The van der Waals surface area contributed by atoms with E-state index in [4.69, 9.17) is 0 Å². The van der Waals surface area contributed by atoms with Crippen LogP contribution in [0.2, 0.25) is 0 Å². The largest absolute Gasteiger partial charge is 0.293 e. The van der Waals surface area contributed by atoms with Gasteiger partial charge in [0.1, 0.15) is 5.82 Å². The van der Waals surface area contributed by atoms with Gasteiger partial charge in [-0.15, -0.1) is 5.10 Å². The molecule has 2 aromatic rings. The average Bonchev–Trinajstić information content (AvgIpc) is 2.75. The molecule has 1 aromatic carbocycles. The molecule has 2 N–H and O–H groups in total. The van der Waals surface area contributed by atoms with Crippen LogP contribution in [0.3, 0.4) is 0 Å². The molecule has 0 saturated carbocycles. The molecular formula is C11H11N5O3. The lowest BCUT2D eigenvalue weighted by molar-refractivity contribution is -0.384. The number of H-pyrrole nitrogens is 1. The fraction of sp³-hybridized carbons (Fsp3) is 0.182. The monoisotopic (exact) mass is 261 g/mol. The smallest absolute Gasteiger partial charge is 0.269 e. The molecule has 0 saturated heterocycles. The van der Waals surface area contributed by atoms with Gasteiger partial charge in [0.25, 0.3) is 5.69 Å². The number of benzene rings is 1. The van der Waals surface area contributed by atoms with E-state index in [9.17, 15) is 14.9 Å². The van der Waals surface area contributed by atoms with E-state index in [0.29, 0.717) is 11.4 Å². The predicted octanol–water partition coefficient (Wildman–Crippen LogP) is 1.20. The van der Waals surface area contributed by atoms with E-state index in [-0.39, 0.29) is 24.0 Å². The molecular weight excluding hydrogens is 250 g/mol. The number of hydrogen-bond acceptors (Lipinski definition) is 5. The minimum absolute atomic E-state index is 0.00579. The van der Waals surface area contributed by atoms with Gasteiger partial charge in [-0.05, 0) is 12.5 Å². The Morgan fingerprint density at radius 3 is 2.63 bits per heavy atom. The first-order valence-corrected chi connectivity index (χ1v) is 5.47. The molecule has 0 aliphatic heterocycles. The lowest BCUT2D eigenvalue weighted by Gasteiger charge is -2.01. The van der Waals surface area contributed by atoms with Crippen molar-refractivity contribution in [2.24, 2.45) is 0 Å². The molecule has 98 valence electrons. The molecule has 19 heavy (non-hydrogen) atoms. The number of aromatic amines is 1. The predicted molar refractivity (Wildman–Crippen MR) is 66.5 cm³/mol. The Bertz CT molecular complexity index is 605. The van der Waals surface area contributed by atoms with Crippen molar-refractivity contribution in [1.82, 2.24) is 15.2 Å². The first kappa shape index (κ1) is 12.7. The summed E-state index contributed by atoms with van der Waals surface area (Å²) >= 11 is 0. The second-order valence-corrected chi connectivity index (χ2v) is 3.89. The van der Waals surface area contributed by atoms with Crippen LogP contribution in [0, 0.1) is 17.0 Å². The van der Waals surface area contributed by atoms with Gasteiger partial charge in [-0.1, -0.05) is 12.1 Å². The number of hydrogen-bond donors (Lipinski definition) is 2. The highest BCUT2D eigenvalue weighted by atomic mass is 16.6. The van der Waals surface area contributed by atoms with E-state index in [2.05, 4.69) is 20.5 Å². The second kappa shape index (κ2) is 5.25. The number of anilines is 1. The number of aromatic nitrogens is 3. The van der Waals surface area contributed by atoms with Crippen molar-refractivity contribution in [3.8, 4) is 0 Å². The highest BCUT2D eigenvalue weighted by Gasteiger charge is 2.09. The van der Waals surface area contributed by atoms with E-state index in [0.717, 1.165) is 0 Å². The topological polar surface area (TPSA) is 114 Å². The molecule has 0 atom stereocenters. The van der Waals surface area contributed by atoms with Crippen molar-refractivity contribution in [2.75, 3.05) is 5.32 Å². The molecule has 0 aliphatic carbocycles. The van der Waals surface area contributed by atoms with Crippen LogP contribution in [0.25, 0.3) is 0 Å². The van der Waals surface area contributed by atoms with Gasteiger partial charge in [0.2, 0.25) is 11.9 Å². The highest BCUT2D eigenvalue weighted by molar-refractivity contribution is 5.90. The first-order valence-electron chi connectivity index (χ1n) is 5.47. The summed E-state index contributed by atoms with van der Waals surface area (Å²) in [5.74, 6) is 0.530. The van der Waals surface area contributed by atoms with E-state index >= 15 is 0 Å². The summed E-state index contributed by atoms with van der Waals surface area (Å²) in [4.78, 5) is 25.6. The summed E-state index contributed by atoms with van der Waals surface area (Å²) in [6, 6.07) is 5.81. The standard InChI is InChI=1S/C11H11N5O3/c1-7-12-11(15-14-7)13-10(17)6-8-2-4-9(5-3-8)16(18)19/h2-5H,6H2,1H3,(H2,12,13,14,15,17). The van der Waals surface area contributed by atoms with Crippen LogP contribution in [0.15, 0.2) is 24.3 Å². The number of nitro benzene ring substituents is 1. The summed E-state index contributed by atoms with van der Waals surface area (Å²) in [6.45, 7) is 1.72. The van der Waals surface area contributed by atoms with Crippen molar-refractivity contribution in [1.29, 1.82) is 0 Å². The minimum Gasteiger partial charge on any atom is -0.293 e. The molecule has 2 rings (SSSR count). The minimum atomic E-state index is -0.486. The molecule has 0 aliphatic rings. The van der Waals surface area contributed by atoms with Gasteiger partial charge >= 0.3 is 0 Å². The van der Waals surface area contributed by atoms with Crippen LogP contribution in [0.5, 0.6) is 0 Å². The number of nitro groups is 1. The summed E-state index contributed by atoms with van der Waals surface area (Å²) in [5, 5.41) is 19.4. The Hall–Kier alpha value is -2.77. The first-order chi connectivity index (χ1) is 9.04. The van der Waals surface area contributed by atoms with Gasteiger partial charge in [-0.2, -0.15) is 4.98 Å². The number of carbonyl (C=O) groups excluding carboxylic acids is 1. The van der Waals surface area contributed by atoms with Crippen molar-refractivity contribution >= 4 is 17.5 Å². The number of carbonyl (C=O) groups is 1. The van der Waals surface area contributed by atoms with E-state index in [1.165, 1.54) is 12.1 Å². The van der Waals surface area contributed by atoms with E-state index < -0.39 is 4.92 Å². The third-order valence-corrected chi connectivity index (χ3v) is 2.36. The van der Waals surface area contributed by atoms with E-state index in [1.807, 2.05) is 0 Å². The number of aryl methyl sites for hydroxylation is 1. The van der Waals surface area contributed by atoms with Gasteiger partial charge in [-0.3, -0.25) is 25.3 Å². The van der Waals surface area contributed by atoms with Gasteiger partial charge < -0.3 is 0 Å². The summed E-state index contributed by atoms with van der Waals surface area (Å²) in [5.41, 5.74) is 0.670. The molecule has 0 radical (unpaired) electrons. The Morgan fingerprint density at radius 2 is 2.11 bits per heavy atom. The number of non-ortho nitro benzene ring substituents is 1. The zero-order valence-electron chi connectivity index (χ0n) is 10.1. The maximum atomic E-state index is 11.7. The third-order valence-electron chi connectivity index (χ3n) is 2.36. The number of nitrogens with zero attached hydrogens (tertiary/aromatic N) is 3. The molecule has 1 heterocycles. The lowest BCUT2D eigenvalue weighted by atomic mass is 10.1. The maximum absolute atomic E-state index is 11.7.